The summed E-state index contributed by atoms with van der Waals surface area (Å²) in [6.07, 6.45) is 0. The first-order valence-corrected chi connectivity index (χ1v) is 7.86. The molecule has 0 radical (unpaired) electrons. The molecule has 0 bridgehead atoms. The zero-order valence-electron chi connectivity index (χ0n) is 13.9. The zero-order chi connectivity index (χ0) is 16.7. The molecule has 0 aliphatic rings. The average molecular weight is 312 g/mol. The molecule has 1 aromatic carbocycles. The van der Waals surface area contributed by atoms with Gasteiger partial charge in [0.1, 0.15) is 0 Å². The molecule has 0 aliphatic heterocycles. The molecule has 22 heavy (non-hydrogen) atoms. The third kappa shape index (κ3) is 5.05. The molecule has 0 saturated carbocycles. The fourth-order valence-electron chi connectivity index (χ4n) is 2.36. The van der Waals surface area contributed by atoms with Gasteiger partial charge in [0.05, 0.1) is 5.56 Å². The number of carbonyl (C=O) groups excluding carboxylic acids is 1. The quantitative estimate of drug-likeness (QED) is 0.734. The lowest BCUT2D eigenvalue weighted by atomic mass is 10.1. The molecule has 0 spiro atoms. The van der Waals surface area contributed by atoms with Crippen LogP contribution in [0, 0.1) is 17.6 Å². The molecular formula is C17H26F2N2O. The van der Waals surface area contributed by atoms with Crippen molar-refractivity contribution in [2.75, 3.05) is 32.7 Å². The summed E-state index contributed by atoms with van der Waals surface area (Å²) in [7, 11) is 0. The molecule has 0 aromatic heterocycles. The molecule has 124 valence electrons. The fourth-order valence-corrected chi connectivity index (χ4v) is 2.36. The second-order valence-electron chi connectivity index (χ2n) is 5.77. The fraction of sp³-hybridized carbons (Fsp3) is 0.588. The Morgan fingerprint density at radius 1 is 1.14 bits per heavy atom. The van der Waals surface area contributed by atoms with E-state index in [-0.39, 0.29) is 11.5 Å². The van der Waals surface area contributed by atoms with Crippen molar-refractivity contribution in [3.63, 3.8) is 0 Å². The summed E-state index contributed by atoms with van der Waals surface area (Å²) < 4.78 is 27.2. The summed E-state index contributed by atoms with van der Waals surface area (Å²) in [6, 6.07) is 3.73. The largest absolute Gasteiger partial charge is 0.337 e. The van der Waals surface area contributed by atoms with Crippen molar-refractivity contribution in [2.45, 2.75) is 27.7 Å². The minimum absolute atomic E-state index is 0.194. The van der Waals surface area contributed by atoms with E-state index in [1.165, 1.54) is 12.1 Å². The van der Waals surface area contributed by atoms with Crippen LogP contribution in [0.5, 0.6) is 0 Å². The average Bonchev–Trinajstić information content (AvgIpc) is 2.48. The number of rotatable bonds is 8. The highest BCUT2D eigenvalue weighted by molar-refractivity contribution is 5.94. The van der Waals surface area contributed by atoms with Gasteiger partial charge in [-0.25, -0.2) is 8.78 Å². The molecule has 1 rings (SSSR count). The van der Waals surface area contributed by atoms with Gasteiger partial charge >= 0.3 is 0 Å². The van der Waals surface area contributed by atoms with Crippen molar-refractivity contribution >= 4 is 5.91 Å². The topological polar surface area (TPSA) is 23.6 Å². The normalized spacial score (nSPS) is 11.3. The summed E-state index contributed by atoms with van der Waals surface area (Å²) in [4.78, 5) is 16.4. The Morgan fingerprint density at radius 3 is 2.32 bits per heavy atom. The van der Waals surface area contributed by atoms with Crippen molar-refractivity contribution < 1.29 is 13.6 Å². The molecule has 0 unspecified atom stereocenters. The number of halogens is 2. The Labute approximate surface area is 131 Å². The molecule has 1 aromatic rings. The predicted octanol–water partition coefficient (Wildman–Crippen LogP) is 3.40. The Balaban J connectivity index is 2.90. The van der Waals surface area contributed by atoms with Gasteiger partial charge in [0, 0.05) is 19.6 Å². The summed E-state index contributed by atoms with van der Waals surface area (Å²) in [6.45, 7) is 11.7. The minimum Gasteiger partial charge on any atom is -0.337 e. The molecule has 0 fully saturated rings. The maximum atomic E-state index is 13.8. The number of amides is 1. The standard InChI is InChI=1S/C17H26F2N2O/c1-5-20(6-2)10-11-21(12-13(3)4)17(22)14-8-7-9-15(18)16(14)19/h7-9,13H,5-6,10-12H2,1-4H3. The van der Waals surface area contributed by atoms with Gasteiger partial charge in [0.25, 0.3) is 5.91 Å². The van der Waals surface area contributed by atoms with Gasteiger partial charge in [-0.15, -0.1) is 0 Å². The van der Waals surface area contributed by atoms with Crippen LogP contribution in [0.1, 0.15) is 38.1 Å². The summed E-state index contributed by atoms with van der Waals surface area (Å²) in [5.41, 5.74) is -0.194. The zero-order valence-corrected chi connectivity index (χ0v) is 13.9. The van der Waals surface area contributed by atoms with Crippen LogP contribution in [0.25, 0.3) is 0 Å². The molecule has 5 heteroatoms. The van der Waals surface area contributed by atoms with Crippen molar-refractivity contribution in [1.82, 2.24) is 9.80 Å². The number of hydrogen-bond acceptors (Lipinski definition) is 2. The van der Waals surface area contributed by atoms with E-state index in [0.717, 1.165) is 25.7 Å². The molecular weight excluding hydrogens is 286 g/mol. The maximum absolute atomic E-state index is 13.8. The van der Waals surface area contributed by atoms with Crippen LogP contribution in [0.15, 0.2) is 18.2 Å². The third-order valence-electron chi connectivity index (χ3n) is 3.64. The second-order valence-corrected chi connectivity index (χ2v) is 5.77. The summed E-state index contributed by atoms with van der Waals surface area (Å²) >= 11 is 0. The minimum atomic E-state index is -1.07. The molecule has 0 atom stereocenters. The SMILES string of the molecule is CCN(CC)CCN(CC(C)C)C(=O)c1cccc(F)c1F. The molecule has 0 heterocycles. The van der Waals surface area contributed by atoms with Gasteiger partial charge in [-0.1, -0.05) is 33.8 Å². The Morgan fingerprint density at radius 2 is 1.77 bits per heavy atom. The third-order valence-corrected chi connectivity index (χ3v) is 3.64. The van der Waals surface area contributed by atoms with E-state index < -0.39 is 17.5 Å². The van der Waals surface area contributed by atoms with E-state index in [4.69, 9.17) is 0 Å². The van der Waals surface area contributed by atoms with E-state index >= 15 is 0 Å². The Kier molecular flexibility index (Phi) is 7.45. The Bertz CT molecular complexity index is 488. The van der Waals surface area contributed by atoms with Crippen molar-refractivity contribution in [2.24, 2.45) is 5.92 Å². The second kappa shape index (κ2) is 8.83. The summed E-state index contributed by atoms with van der Waals surface area (Å²) in [5, 5.41) is 0. The lowest BCUT2D eigenvalue weighted by Gasteiger charge is -2.28. The van der Waals surface area contributed by atoms with Crippen LogP contribution >= 0.6 is 0 Å². The monoisotopic (exact) mass is 312 g/mol. The smallest absolute Gasteiger partial charge is 0.256 e. The van der Waals surface area contributed by atoms with Crippen LogP contribution in [-0.2, 0) is 0 Å². The highest BCUT2D eigenvalue weighted by Crippen LogP contribution is 2.15. The van der Waals surface area contributed by atoms with E-state index in [9.17, 15) is 13.6 Å². The first kappa shape index (κ1) is 18.6. The number of nitrogens with zero attached hydrogens (tertiary/aromatic N) is 2. The Hall–Kier alpha value is -1.49. The summed E-state index contributed by atoms with van der Waals surface area (Å²) in [5.74, 6) is -2.24. The predicted molar refractivity (Wildman–Crippen MR) is 84.9 cm³/mol. The number of likely N-dealkylation sites (N-methyl/N-ethyl adjacent to an activating group) is 1. The van der Waals surface area contributed by atoms with Crippen LogP contribution in [0.4, 0.5) is 8.78 Å². The van der Waals surface area contributed by atoms with E-state index in [0.29, 0.717) is 13.1 Å². The molecule has 3 nitrogen and oxygen atoms in total. The first-order valence-electron chi connectivity index (χ1n) is 7.86. The molecule has 0 saturated heterocycles. The highest BCUT2D eigenvalue weighted by atomic mass is 19.2. The highest BCUT2D eigenvalue weighted by Gasteiger charge is 2.22. The van der Waals surface area contributed by atoms with Crippen LogP contribution in [-0.4, -0.2) is 48.4 Å². The molecule has 0 aliphatic carbocycles. The van der Waals surface area contributed by atoms with Gasteiger partial charge in [0.2, 0.25) is 0 Å². The molecule has 1 amide bonds. The van der Waals surface area contributed by atoms with Crippen LogP contribution < -0.4 is 0 Å². The number of carbonyl (C=O) groups is 1. The van der Waals surface area contributed by atoms with Gasteiger partial charge in [-0.2, -0.15) is 0 Å². The van der Waals surface area contributed by atoms with E-state index in [2.05, 4.69) is 18.7 Å². The van der Waals surface area contributed by atoms with Crippen LogP contribution in [0.2, 0.25) is 0 Å². The van der Waals surface area contributed by atoms with Gasteiger partial charge in [0.15, 0.2) is 11.6 Å². The lowest BCUT2D eigenvalue weighted by Crippen LogP contribution is -2.41. The van der Waals surface area contributed by atoms with Crippen LogP contribution in [0.3, 0.4) is 0 Å². The van der Waals surface area contributed by atoms with Gasteiger partial charge in [-0.05, 0) is 31.1 Å². The van der Waals surface area contributed by atoms with E-state index in [1.807, 2.05) is 13.8 Å². The van der Waals surface area contributed by atoms with Gasteiger partial charge in [-0.3, -0.25) is 4.79 Å². The number of hydrogen-bond donors (Lipinski definition) is 0. The van der Waals surface area contributed by atoms with E-state index in [1.54, 1.807) is 4.90 Å². The molecule has 0 N–H and O–H groups in total. The van der Waals surface area contributed by atoms with Crippen molar-refractivity contribution in [3.05, 3.63) is 35.4 Å². The van der Waals surface area contributed by atoms with Gasteiger partial charge < -0.3 is 9.80 Å². The lowest BCUT2D eigenvalue weighted by molar-refractivity contribution is 0.0710. The maximum Gasteiger partial charge on any atom is 0.256 e. The van der Waals surface area contributed by atoms with Crippen molar-refractivity contribution in [1.29, 1.82) is 0 Å². The first-order chi connectivity index (χ1) is 10.4. The van der Waals surface area contributed by atoms with Crippen molar-refractivity contribution in [3.8, 4) is 0 Å². The number of benzene rings is 1.